The molecule has 0 bridgehead atoms. The first-order valence-corrected chi connectivity index (χ1v) is 10.4. The number of nitrogens with zero attached hydrogens (tertiary/aromatic N) is 2. The second-order valence-corrected chi connectivity index (χ2v) is 7.77. The van der Waals surface area contributed by atoms with Gasteiger partial charge in [0.2, 0.25) is 5.91 Å². The van der Waals surface area contributed by atoms with Crippen LogP contribution in [0.3, 0.4) is 0 Å². The van der Waals surface area contributed by atoms with Gasteiger partial charge < -0.3 is 18.9 Å². The standard InChI is InChI=1S/C22H26N2O4S/c1-5-24(22(25)12-19-15(2)23-28-16(19)3)13-17-8-9-20(21(11-17)26-4)27-14-18-7-6-10-29-18/h6-11H,5,12-14H2,1-4H3. The lowest BCUT2D eigenvalue weighted by molar-refractivity contribution is -0.130. The van der Waals surface area contributed by atoms with E-state index in [1.165, 1.54) is 0 Å². The van der Waals surface area contributed by atoms with E-state index in [1.54, 1.807) is 18.4 Å². The molecule has 2 heterocycles. The number of hydrogen-bond acceptors (Lipinski definition) is 6. The minimum atomic E-state index is 0.0406. The average Bonchev–Trinajstić information content (AvgIpc) is 3.36. The Labute approximate surface area is 175 Å². The average molecular weight is 415 g/mol. The second-order valence-electron chi connectivity index (χ2n) is 6.74. The van der Waals surface area contributed by atoms with Gasteiger partial charge in [-0.3, -0.25) is 4.79 Å². The van der Waals surface area contributed by atoms with Crippen molar-refractivity contribution >= 4 is 17.2 Å². The number of ether oxygens (including phenoxy) is 2. The van der Waals surface area contributed by atoms with Gasteiger partial charge in [0.05, 0.1) is 19.2 Å². The second kappa shape index (κ2) is 9.60. The summed E-state index contributed by atoms with van der Waals surface area (Å²) in [6.07, 6.45) is 0.286. The van der Waals surface area contributed by atoms with Crippen LogP contribution < -0.4 is 9.47 Å². The van der Waals surface area contributed by atoms with Crippen molar-refractivity contribution in [1.29, 1.82) is 0 Å². The quantitative estimate of drug-likeness (QED) is 0.515. The monoisotopic (exact) mass is 414 g/mol. The van der Waals surface area contributed by atoms with Crippen LogP contribution in [0.15, 0.2) is 40.2 Å². The van der Waals surface area contributed by atoms with E-state index in [-0.39, 0.29) is 12.3 Å². The summed E-state index contributed by atoms with van der Waals surface area (Å²) in [6, 6.07) is 9.83. The van der Waals surface area contributed by atoms with Crippen molar-refractivity contribution in [2.45, 2.75) is 40.3 Å². The number of benzene rings is 1. The molecule has 3 rings (SSSR count). The zero-order chi connectivity index (χ0) is 20.8. The summed E-state index contributed by atoms with van der Waals surface area (Å²) in [5, 5.41) is 5.96. The summed E-state index contributed by atoms with van der Waals surface area (Å²) >= 11 is 1.66. The lowest BCUT2D eigenvalue weighted by Crippen LogP contribution is -2.31. The van der Waals surface area contributed by atoms with Gasteiger partial charge in [0.1, 0.15) is 12.4 Å². The molecule has 0 radical (unpaired) electrons. The minimum absolute atomic E-state index is 0.0406. The molecule has 3 aromatic rings. The maximum absolute atomic E-state index is 12.8. The highest BCUT2D eigenvalue weighted by atomic mass is 32.1. The number of amides is 1. The minimum Gasteiger partial charge on any atom is -0.493 e. The molecule has 0 atom stereocenters. The Balaban J connectivity index is 1.67. The van der Waals surface area contributed by atoms with Crippen LogP contribution in [-0.2, 0) is 24.4 Å². The van der Waals surface area contributed by atoms with Crippen LogP contribution in [0.4, 0.5) is 0 Å². The number of rotatable bonds is 9. The Morgan fingerprint density at radius 1 is 1.24 bits per heavy atom. The van der Waals surface area contributed by atoms with Crippen LogP contribution >= 0.6 is 11.3 Å². The molecule has 0 aliphatic rings. The zero-order valence-corrected chi connectivity index (χ0v) is 18.0. The molecule has 154 valence electrons. The van der Waals surface area contributed by atoms with Crippen LogP contribution in [0.25, 0.3) is 0 Å². The molecule has 29 heavy (non-hydrogen) atoms. The zero-order valence-electron chi connectivity index (χ0n) is 17.2. The molecule has 0 N–H and O–H groups in total. The van der Waals surface area contributed by atoms with Gasteiger partial charge in [-0.25, -0.2) is 0 Å². The molecule has 1 aromatic carbocycles. The molecule has 0 saturated carbocycles. The van der Waals surface area contributed by atoms with E-state index in [0.717, 1.165) is 21.7 Å². The largest absolute Gasteiger partial charge is 0.493 e. The fourth-order valence-corrected chi connectivity index (χ4v) is 3.70. The maximum atomic E-state index is 12.8. The van der Waals surface area contributed by atoms with Crippen molar-refractivity contribution in [1.82, 2.24) is 10.1 Å². The van der Waals surface area contributed by atoms with E-state index in [2.05, 4.69) is 5.16 Å². The van der Waals surface area contributed by atoms with Gasteiger partial charge in [-0.15, -0.1) is 11.3 Å². The lowest BCUT2D eigenvalue weighted by atomic mass is 10.1. The Morgan fingerprint density at radius 2 is 2.07 bits per heavy atom. The van der Waals surface area contributed by atoms with Gasteiger partial charge in [0.25, 0.3) is 0 Å². The van der Waals surface area contributed by atoms with Crippen LogP contribution in [0, 0.1) is 13.8 Å². The summed E-state index contributed by atoms with van der Waals surface area (Å²) < 4.78 is 16.6. The third-order valence-corrected chi connectivity index (χ3v) is 5.65. The summed E-state index contributed by atoms with van der Waals surface area (Å²) in [7, 11) is 1.62. The van der Waals surface area contributed by atoms with Crippen molar-refractivity contribution < 1.29 is 18.8 Å². The number of thiophene rings is 1. The topological polar surface area (TPSA) is 64.8 Å². The van der Waals surface area contributed by atoms with Crippen molar-refractivity contribution in [3.63, 3.8) is 0 Å². The summed E-state index contributed by atoms with van der Waals surface area (Å²) in [5.74, 6) is 2.09. The third-order valence-electron chi connectivity index (χ3n) is 4.80. The van der Waals surface area contributed by atoms with Gasteiger partial charge in [0, 0.05) is 23.5 Å². The molecule has 0 unspecified atom stereocenters. The first-order valence-electron chi connectivity index (χ1n) is 9.53. The molecule has 0 saturated heterocycles. The number of carbonyl (C=O) groups is 1. The normalized spacial score (nSPS) is 10.8. The molecule has 2 aromatic heterocycles. The van der Waals surface area contributed by atoms with E-state index in [4.69, 9.17) is 14.0 Å². The van der Waals surface area contributed by atoms with Crippen LogP contribution in [0.1, 0.15) is 34.4 Å². The molecule has 0 aliphatic carbocycles. The molecule has 6 nitrogen and oxygen atoms in total. The molecular formula is C22H26N2O4S. The lowest BCUT2D eigenvalue weighted by Gasteiger charge is -2.22. The first-order chi connectivity index (χ1) is 14.0. The van der Waals surface area contributed by atoms with Crippen molar-refractivity contribution in [2.24, 2.45) is 0 Å². The SMILES string of the molecule is CCN(Cc1ccc(OCc2cccs2)c(OC)c1)C(=O)Cc1c(C)noc1C. The fourth-order valence-electron chi connectivity index (χ4n) is 3.09. The van der Waals surface area contributed by atoms with Crippen molar-refractivity contribution in [3.05, 3.63) is 63.2 Å². The fraction of sp³-hybridized carbons (Fsp3) is 0.364. The van der Waals surface area contributed by atoms with E-state index in [1.807, 2.05) is 61.4 Å². The van der Waals surface area contributed by atoms with E-state index < -0.39 is 0 Å². The molecule has 0 aliphatic heterocycles. The highest BCUT2D eigenvalue weighted by molar-refractivity contribution is 7.09. The van der Waals surface area contributed by atoms with Crippen LogP contribution in [0.5, 0.6) is 11.5 Å². The van der Waals surface area contributed by atoms with Crippen LogP contribution in [0.2, 0.25) is 0 Å². The van der Waals surface area contributed by atoms with Gasteiger partial charge >= 0.3 is 0 Å². The summed E-state index contributed by atoms with van der Waals surface area (Å²) in [6.45, 7) is 7.28. The highest BCUT2D eigenvalue weighted by Gasteiger charge is 2.19. The number of aromatic nitrogens is 1. The Hall–Kier alpha value is -2.80. The van der Waals surface area contributed by atoms with E-state index in [9.17, 15) is 4.79 Å². The van der Waals surface area contributed by atoms with Crippen LogP contribution in [-0.4, -0.2) is 29.6 Å². The summed E-state index contributed by atoms with van der Waals surface area (Å²) in [4.78, 5) is 15.8. The Morgan fingerprint density at radius 3 is 2.69 bits per heavy atom. The van der Waals surface area contributed by atoms with Gasteiger partial charge in [-0.1, -0.05) is 17.3 Å². The predicted octanol–water partition coefficient (Wildman–Crippen LogP) is 4.53. The van der Waals surface area contributed by atoms with Gasteiger partial charge in [-0.05, 0) is 49.9 Å². The van der Waals surface area contributed by atoms with Gasteiger partial charge in [-0.2, -0.15) is 0 Å². The van der Waals surface area contributed by atoms with Gasteiger partial charge in [0.15, 0.2) is 11.5 Å². The highest BCUT2D eigenvalue weighted by Crippen LogP contribution is 2.30. The molecule has 1 amide bonds. The van der Waals surface area contributed by atoms with E-state index in [0.29, 0.717) is 37.0 Å². The molecule has 7 heteroatoms. The Bertz CT molecular complexity index is 930. The predicted molar refractivity (Wildman–Crippen MR) is 112 cm³/mol. The summed E-state index contributed by atoms with van der Waals surface area (Å²) in [5.41, 5.74) is 2.61. The van der Waals surface area contributed by atoms with Crippen molar-refractivity contribution in [3.8, 4) is 11.5 Å². The number of likely N-dealkylation sites (N-methyl/N-ethyl adjacent to an activating group) is 1. The van der Waals surface area contributed by atoms with E-state index >= 15 is 0 Å². The molecule has 0 fully saturated rings. The number of carbonyl (C=O) groups excluding carboxylic acids is 1. The third kappa shape index (κ3) is 5.17. The first kappa shape index (κ1) is 20.9. The number of hydrogen-bond donors (Lipinski definition) is 0. The smallest absolute Gasteiger partial charge is 0.227 e. The number of aryl methyl sites for hydroxylation is 2. The number of methoxy groups -OCH3 is 1. The van der Waals surface area contributed by atoms with Crippen molar-refractivity contribution in [2.75, 3.05) is 13.7 Å². The molecular weight excluding hydrogens is 388 g/mol. The Kier molecular flexibility index (Phi) is 6.93. The maximum Gasteiger partial charge on any atom is 0.227 e. The molecule has 0 spiro atoms.